The molecule has 0 saturated carbocycles. The number of nitrogens with zero attached hydrogens (tertiary/aromatic N) is 1. The lowest BCUT2D eigenvalue weighted by molar-refractivity contribution is -0.137. The van der Waals surface area contributed by atoms with Gasteiger partial charge in [-0.2, -0.15) is 0 Å². The van der Waals surface area contributed by atoms with Gasteiger partial charge in [-0.3, -0.25) is 9.78 Å². The van der Waals surface area contributed by atoms with Crippen LogP contribution >= 0.6 is 22.9 Å². The smallest absolute Gasteiger partial charge is 0.303 e. The summed E-state index contributed by atoms with van der Waals surface area (Å²) in [5, 5.41) is 9.34. The first-order valence-electron chi connectivity index (χ1n) is 10.0. The van der Waals surface area contributed by atoms with Crippen LogP contribution in [-0.2, 0) is 21.2 Å². The molecule has 0 bridgehead atoms. The van der Waals surface area contributed by atoms with Crippen molar-refractivity contribution in [3.63, 3.8) is 0 Å². The summed E-state index contributed by atoms with van der Waals surface area (Å²) in [6, 6.07) is 13.9. The number of nitrogens with one attached hydrogen (secondary N) is 1. The SMILES string of the molecule is O=C(O)CCC/C=C(\c1cccnc1)c1ccc(CCNS(=O)(=O)c2ccc(Cl)cc2)s1. The third kappa shape index (κ3) is 7.00. The molecule has 0 aliphatic rings. The number of thiophene rings is 1. The van der Waals surface area contributed by atoms with Crippen LogP contribution in [-0.4, -0.2) is 31.0 Å². The summed E-state index contributed by atoms with van der Waals surface area (Å²) in [7, 11) is -3.59. The number of halogens is 1. The molecule has 0 atom stereocenters. The lowest BCUT2D eigenvalue weighted by Crippen LogP contribution is -2.25. The molecule has 3 aromatic rings. The highest BCUT2D eigenvalue weighted by atomic mass is 35.5. The molecule has 0 aliphatic heterocycles. The molecular formula is C23H23ClN2O4S2. The van der Waals surface area contributed by atoms with E-state index in [2.05, 4.69) is 9.71 Å². The standard InChI is InChI=1S/C23H23ClN2O4S2/c24-18-7-10-20(11-8-18)32(29,30)26-15-13-19-9-12-22(31-19)21(5-1-2-6-23(27)28)17-4-3-14-25-16-17/h3-5,7-12,14,16,26H,1-2,6,13,15H2,(H,27,28)/b21-5+. The molecule has 0 amide bonds. The Hall–Kier alpha value is -2.52. The van der Waals surface area contributed by atoms with Crippen molar-refractivity contribution < 1.29 is 18.3 Å². The number of aliphatic carboxylic acids is 1. The number of hydrogen-bond donors (Lipinski definition) is 2. The second-order valence-electron chi connectivity index (χ2n) is 7.01. The number of sulfonamides is 1. The Morgan fingerprint density at radius 3 is 2.62 bits per heavy atom. The monoisotopic (exact) mass is 490 g/mol. The lowest BCUT2D eigenvalue weighted by atomic mass is 10.0. The first-order valence-corrected chi connectivity index (χ1v) is 12.7. The molecule has 32 heavy (non-hydrogen) atoms. The van der Waals surface area contributed by atoms with Gasteiger partial charge in [0.1, 0.15) is 0 Å². The largest absolute Gasteiger partial charge is 0.481 e. The highest BCUT2D eigenvalue weighted by Crippen LogP contribution is 2.30. The first kappa shape index (κ1) is 24.1. The van der Waals surface area contributed by atoms with E-state index in [-0.39, 0.29) is 17.9 Å². The molecule has 0 spiro atoms. The van der Waals surface area contributed by atoms with Gasteiger partial charge in [-0.25, -0.2) is 13.1 Å². The number of benzene rings is 1. The third-order valence-corrected chi connectivity index (χ3v) is 7.54. The van der Waals surface area contributed by atoms with E-state index >= 15 is 0 Å². The zero-order valence-electron chi connectivity index (χ0n) is 17.2. The molecular weight excluding hydrogens is 468 g/mol. The average Bonchev–Trinajstić information content (AvgIpc) is 3.23. The normalized spacial score (nSPS) is 12.1. The van der Waals surface area contributed by atoms with Gasteiger partial charge in [0, 0.05) is 45.7 Å². The van der Waals surface area contributed by atoms with E-state index in [1.807, 2.05) is 30.3 Å². The summed E-state index contributed by atoms with van der Waals surface area (Å²) in [6.07, 6.45) is 7.41. The highest BCUT2D eigenvalue weighted by molar-refractivity contribution is 7.89. The maximum Gasteiger partial charge on any atom is 0.303 e. The number of carbonyl (C=O) groups is 1. The number of unbranched alkanes of at least 4 members (excludes halogenated alkanes) is 1. The van der Waals surface area contributed by atoms with Crippen LogP contribution in [0.25, 0.3) is 5.57 Å². The van der Waals surface area contributed by atoms with Crippen molar-refractivity contribution in [2.45, 2.75) is 30.6 Å². The van der Waals surface area contributed by atoms with Crippen molar-refractivity contribution in [2.24, 2.45) is 0 Å². The van der Waals surface area contributed by atoms with Crippen molar-refractivity contribution in [3.8, 4) is 0 Å². The van der Waals surface area contributed by atoms with Gasteiger partial charge in [0.25, 0.3) is 0 Å². The summed E-state index contributed by atoms with van der Waals surface area (Å²) >= 11 is 7.41. The summed E-state index contributed by atoms with van der Waals surface area (Å²) in [5.74, 6) is -0.805. The van der Waals surface area contributed by atoms with E-state index in [4.69, 9.17) is 16.7 Å². The quantitative estimate of drug-likeness (QED) is 0.368. The average molecular weight is 491 g/mol. The van der Waals surface area contributed by atoms with Gasteiger partial charge in [-0.05, 0) is 67.3 Å². The number of carboxylic acid groups (broad SMARTS) is 1. The summed E-state index contributed by atoms with van der Waals surface area (Å²) in [6.45, 7) is 0.273. The van der Waals surface area contributed by atoms with Gasteiger partial charge in [0.2, 0.25) is 10.0 Å². The van der Waals surface area contributed by atoms with Crippen LogP contribution in [0, 0.1) is 0 Å². The number of pyridine rings is 1. The highest BCUT2D eigenvalue weighted by Gasteiger charge is 2.14. The van der Waals surface area contributed by atoms with Crippen LogP contribution in [0.3, 0.4) is 0 Å². The van der Waals surface area contributed by atoms with Crippen LogP contribution < -0.4 is 4.72 Å². The minimum Gasteiger partial charge on any atom is -0.481 e. The van der Waals surface area contributed by atoms with E-state index in [0.29, 0.717) is 24.3 Å². The lowest BCUT2D eigenvalue weighted by Gasteiger charge is -2.07. The number of hydrogen-bond acceptors (Lipinski definition) is 5. The Balaban J connectivity index is 1.67. The summed E-state index contributed by atoms with van der Waals surface area (Å²) in [5.41, 5.74) is 1.96. The number of carboxylic acids is 1. The van der Waals surface area contributed by atoms with Gasteiger partial charge in [-0.15, -0.1) is 11.3 Å². The van der Waals surface area contributed by atoms with Gasteiger partial charge < -0.3 is 5.11 Å². The predicted molar refractivity (Wildman–Crippen MR) is 127 cm³/mol. The molecule has 2 N–H and O–H groups in total. The Morgan fingerprint density at radius 2 is 1.94 bits per heavy atom. The Labute approximate surface area is 196 Å². The van der Waals surface area contributed by atoms with Crippen molar-refractivity contribution in [1.29, 1.82) is 0 Å². The Kier molecular flexibility index (Phi) is 8.58. The van der Waals surface area contributed by atoms with Gasteiger partial charge in [-0.1, -0.05) is 23.7 Å². The molecule has 168 valence electrons. The minimum atomic E-state index is -3.59. The third-order valence-electron chi connectivity index (χ3n) is 4.63. The Bertz CT molecular complexity index is 1170. The molecule has 0 radical (unpaired) electrons. The zero-order valence-corrected chi connectivity index (χ0v) is 19.6. The molecule has 0 saturated heterocycles. The van der Waals surface area contributed by atoms with Gasteiger partial charge in [0.05, 0.1) is 4.90 Å². The molecule has 2 aromatic heterocycles. The first-order chi connectivity index (χ1) is 15.3. The molecule has 6 nitrogen and oxygen atoms in total. The van der Waals surface area contributed by atoms with Gasteiger partial charge >= 0.3 is 5.97 Å². The molecule has 1 aromatic carbocycles. The van der Waals surface area contributed by atoms with Crippen molar-refractivity contribution in [2.75, 3.05) is 6.54 Å². The summed E-state index contributed by atoms with van der Waals surface area (Å²) in [4.78, 5) is 17.2. The molecule has 2 heterocycles. The Morgan fingerprint density at radius 1 is 1.16 bits per heavy atom. The van der Waals surface area contributed by atoms with Crippen LogP contribution in [0.15, 0.2) is 71.9 Å². The second-order valence-corrected chi connectivity index (χ2v) is 10.4. The van der Waals surface area contributed by atoms with E-state index < -0.39 is 16.0 Å². The fraction of sp³-hybridized carbons (Fsp3) is 0.217. The van der Waals surface area contributed by atoms with E-state index in [1.165, 1.54) is 12.1 Å². The zero-order chi connectivity index (χ0) is 23.0. The second kappa shape index (κ2) is 11.4. The fourth-order valence-electron chi connectivity index (χ4n) is 3.05. The number of aromatic nitrogens is 1. The van der Waals surface area contributed by atoms with E-state index in [1.54, 1.807) is 35.9 Å². The van der Waals surface area contributed by atoms with E-state index in [9.17, 15) is 13.2 Å². The molecule has 0 unspecified atom stereocenters. The van der Waals surface area contributed by atoms with Gasteiger partial charge in [0.15, 0.2) is 0 Å². The number of allylic oxidation sites excluding steroid dienone is 1. The maximum atomic E-state index is 12.4. The van der Waals surface area contributed by atoms with Crippen molar-refractivity contribution in [1.82, 2.24) is 9.71 Å². The molecule has 9 heteroatoms. The number of rotatable bonds is 11. The van der Waals surface area contributed by atoms with E-state index in [0.717, 1.165) is 20.9 Å². The van der Waals surface area contributed by atoms with Crippen LogP contribution in [0.5, 0.6) is 0 Å². The maximum absolute atomic E-state index is 12.4. The van der Waals surface area contributed by atoms with Crippen LogP contribution in [0.2, 0.25) is 5.02 Å². The predicted octanol–water partition coefficient (Wildman–Crippen LogP) is 5.00. The molecule has 0 aliphatic carbocycles. The van der Waals surface area contributed by atoms with Crippen LogP contribution in [0.4, 0.5) is 0 Å². The van der Waals surface area contributed by atoms with Crippen LogP contribution in [0.1, 0.15) is 34.6 Å². The molecule has 0 fully saturated rings. The summed E-state index contributed by atoms with van der Waals surface area (Å²) < 4.78 is 27.5. The fourth-order valence-corrected chi connectivity index (χ4v) is 5.27. The topological polar surface area (TPSA) is 96.4 Å². The minimum absolute atomic E-state index is 0.125. The van der Waals surface area contributed by atoms with Crippen molar-refractivity contribution in [3.05, 3.63) is 87.3 Å². The van der Waals surface area contributed by atoms with Crippen molar-refractivity contribution >= 4 is 44.5 Å². The molecule has 3 rings (SSSR count).